The van der Waals surface area contributed by atoms with E-state index in [9.17, 15) is 30.2 Å². The Morgan fingerprint density at radius 3 is 2.59 bits per heavy atom. The Labute approximate surface area is 231 Å². The van der Waals surface area contributed by atoms with Crippen LogP contribution in [-0.2, 0) is 16.1 Å². The van der Waals surface area contributed by atoms with Crippen LogP contribution in [-0.4, -0.2) is 44.5 Å². The second-order valence-electron chi connectivity index (χ2n) is 13.6. The number of carbonyl (C=O) groups is 1. The summed E-state index contributed by atoms with van der Waals surface area (Å²) in [4.78, 5) is 23.3. The lowest BCUT2D eigenvalue weighted by Gasteiger charge is -2.63. The summed E-state index contributed by atoms with van der Waals surface area (Å²) in [5, 5.41) is 44.7. The molecule has 5 rings (SSSR count). The van der Waals surface area contributed by atoms with Gasteiger partial charge in [-0.15, -0.1) is 0 Å². The number of carbonyl (C=O) groups excluding carboxylic acids is 1. The maximum absolute atomic E-state index is 12.6. The molecule has 0 aromatic heterocycles. The molecule has 4 aliphatic carbocycles. The molecular formula is C31H45NO7. The fraction of sp³-hybridized carbons (Fsp3) is 0.774. The Morgan fingerprint density at radius 2 is 1.85 bits per heavy atom. The maximum atomic E-state index is 12.6. The molecule has 39 heavy (non-hydrogen) atoms. The van der Waals surface area contributed by atoms with Crippen LogP contribution in [0.2, 0.25) is 0 Å². The monoisotopic (exact) mass is 543 g/mol. The van der Waals surface area contributed by atoms with Crippen LogP contribution in [0.4, 0.5) is 5.69 Å². The highest BCUT2D eigenvalue weighted by Crippen LogP contribution is 2.68. The zero-order valence-electron chi connectivity index (χ0n) is 23.5. The standard InChI is InChI=1S/C31H45NO7/c1-18(8-11-28(36)39-17-19-6-4-5-7-25(19)32(37)38)22-9-10-23-29-24(16-27(35)31(22,23)3)30(2)13-12-21(33)14-20(30)15-26(29)34/h4-7,18,20-24,26-27,29,33-35H,8-17H2,1-3H3/t18-,20+,21-,22-,23+,24+,26-,27+,29+,30+,31-/m1/s1. The molecule has 4 aliphatic rings. The van der Waals surface area contributed by atoms with Gasteiger partial charge in [0.15, 0.2) is 0 Å². The van der Waals surface area contributed by atoms with E-state index >= 15 is 0 Å². The van der Waals surface area contributed by atoms with Gasteiger partial charge in [0.05, 0.1) is 28.8 Å². The summed E-state index contributed by atoms with van der Waals surface area (Å²) in [5.74, 6) is 1.03. The Kier molecular flexibility index (Phi) is 7.85. The minimum atomic E-state index is -0.468. The van der Waals surface area contributed by atoms with E-state index in [1.165, 1.54) is 6.07 Å². The molecule has 4 fully saturated rings. The lowest BCUT2D eigenvalue weighted by Crippen LogP contribution is -2.62. The van der Waals surface area contributed by atoms with Gasteiger partial charge < -0.3 is 20.1 Å². The molecule has 8 nitrogen and oxygen atoms in total. The Morgan fingerprint density at radius 1 is 1.10 bits per heavy atom. The van der Waals surface area contributed by atoms with Crippen LogP contribution >= 0.6 is 0 Å². The van der Waals surface area contributed by atoms with Crippen molar-refractivity contribution in [1.29, 1.82) is 0 Å². The second-order valence-corrected chi connectivity index (χ2v) is 13.6. The molecule has 1 aromatic carbocycles. The molecule has 0 unspecified atom stereocenters. The van der Waals surface area contributed by atoms with Crippen molar-refractivity contribution in [2.45, 2.75) is 103 Å². The maximum Gasteiger partial charge on any atom is 0.306 e. The van der Waals surface area contributed by atoms with Gasteiger partial charge in [0, 0.05) is 12.5 Å². The highest BCUT2D eigenvalue weighted by Gasteiger charge is 2.65. The number of benzene rings is 1. The zero-order valence-corrected chi connectivity index (χ0v) is 23.5. The van der Waals surface area contributed by atoms with E-state index in [4.69, 9.17) is 4.74 Å². The molecule has 11 atom stereocenters. The molecular weight excluding hydrogens is 498 g/mol. The van der Waals surface area contributed by atoms with Crippen LogP contribution in [0.5, 0.6) is 0 Å². The molecule has 1 aromatic rings. The third-order valence-electron chi connectivity index (χ3n) is 11.9. The summed E-state index contributed by atoms with van der Waals surface area (Å²) >= 11 is 0. The van der Waals surface area contributed by atoms with Crippen molar-refractivity contribution in [3.63, 3.8) is 0 Å². The minimum Gasteiger partial charge on any atom is -0.461 e. The minimum absolute atomic E-state index is 0.0483. The predicted molar refractivity (Wildman–Crippen MR) is 145 cm³/mol. The first-order chi connectivity index (χ1) is 18.5. The molecule has 0 heterocycles. The van der Waals surface area contributed by atoms with Crippen LogP contribution in [0.15, 0.2) is 24.3 Å². The number of esters is 1. The summed E-state index contributed by atoms with van der Waals surface area (Å²) < 4.78 is 5.39. The number of nitro groups is 1. The van der Waals surface area contributed by atoms with Crippen molar-refractivity contribution in [3.8, 4) is 0 Å². The molecule has 0 radical (unpaired) electrons. The Bertz CT molecular complexity index is 1080. The summed E-state index contributed by atoms with van der Waals surface area (Å²) in [6.07, 6.45) is 5.61. The van der Waals surface area contributed by atoms with E-state index in [0.717, 1.165) is 38.5 Å². The van der Waals surface area contributed by atoms with E-state index in [-0.39, 0.29) is 71.2 Å². The van der Waals surface area contributed by atoms with Gasteiger partial charge in [-0.1, -0.05) is 32.9 Å². The number of rotatable bonds is 7. The number of nitrogens with zero attached hydrogens (tertiary/aromatic N) is 1. The number of aliphatic hydroxyl groups excluding tert-OH is 3. The van der Waals surface area contributed by atoms with Crippen LogP contribution in [0.1, 0.15) is 84.1 Å². The molecule has 216 valence electrons. The molecule has 0 bridgehead atoms. The summed E-state index contributed by atoms with van der Waals surface area (Å²) in [7, 11) is 0. The molecule has 4 saturated carbocycles. The number of ether oxygens (including phenoxy) is 1. The number of para-hydroxylation sites is 1. The number of hydrogen-bond acceptors (Lipinski definition) is 7. The summed E-state index contributed by atoms with van der Waals surface area (Å²) in [6, 6.07) is 6.29. The topological polar surface area (TPSA) is 130 Å². The lowest BCUT2D eigenvalue weighted by atomic mass is 9.43. The van der Waals surface area contributed by atoms with E-state index in [1.807, 2.05) is 0 Å². The van der Waals surface area contributed by atoms with Gasteiger partial charge in [0.1, 0.15) is 6.61 Å². The molecule has 0 aliphatic heterocycles. The molecule has 8 heteroatoms. The average Bonchev–Trinajstić information content (AvgIpc) is 3.26. The SMILES string of the molecule is C[C@H](CCC(=O)OCc1ccccc1[N+](=O)[O-])[C@H]1CC[C@H]2[C@@H]3[C@H](O)C[C@@H]4C[C@H](O)CC[C@]4(C)[C@H]3C[C@H](O)[C@]12C. The Hall–Kier alpha value is -2.03. The van der Waals surface area contributed by atoms with Crippen LogP contribution in [0.25, 0.3) is 0 Å². The van der Waals surface area contributed by atoms with Gasteiger partial charge in [-0.2, -0.15) is 0 Å². The molecule has 3 N–H and O–H groups in total. The fourth-order valence-corrected chi connectivity index (χ4v) is 9.72. The summed E-state index contributed by atoms with van der Waals surface area (Å²) in [6.45, 7) is 6.59. The van der Waals surface area contributed by atoms with E-state index < -0.39 is 17.1 Å². The molecule has 0 saturated heterocycles. The van der Waals surface area contributed by atoms with Crippen molar-refractivity contribution >= 4 is 11.7 Å². The number of hydrogen-bond donors (Lipinski definition) is 3. The van der Waals surface area contributed by atoms with Gasteiger partial charge in [0.2, 0.25) is 0 Å². The quantitative estimate of drug-likeness (QED) is 0.250. The third-order valence-corrected chi connectivity index (χ3v) is 11.9. The van der Waals surface area contributed by atoms with Crippen molar-refractivity contribution in [2.24, 2.45) is 46.3 Å². The first-order valence-corrected chi connectivity index (χ1v) is 14.9. The lowest BCUT2D eigenvalue weighted by molar-refractivity contribution is -0.385. The van der Waals surface area contributed by atoms with Crippen LogP contribution in [0, 0.1) is 56.5 Å². The predicted octanol–water partition coefficient (Wildman–Crippen LogP) is 5.02. The fourth-order valence-electron chi connectivity index (χ4n) is 9.72. The van der Waals surface area contributed by atoms with E-state index in [2.05, 4.69) is 20.8 Å². The van der Waals surface area contributed by atoms with Gasteiger partial charge in [-0.05, 0) is 104 Å². The zero-order chi connectivity index (χ0) is 28.1. The van der Waals surface area contributed by atoms with Crippen LogP contribution < -0.4 is 0 Å². The largest absolute Gasteiger partial charge is 0.461 e. The summed E-state index contributed by atoms with van der Waals surface area (Å²) in [5.41, 5.74) is 0.0623. The smallest absolute Gasteiger partial charge is 0.306 e. The number of aliphatic hydroxyl groups is 3. The first kappa shape index (κ1) is 28.5. The van der Waals surface area contributed by atoms with Crippen molar-refractivity contribution < 1.29 is 29.8 Å². The van der Waals surface area contributed by atoms with E-state index in [1.54, 1.807) is 18.2 Å². The number of nitro benzene ring substituents is 1. The molecule has 0 spiro atoms. The highest BCUT2D eigenvalue weighted by atomic mass is 16.6. The van der Waals surface area contributed by atoms with Gasteiger partial charge in [-0.25, -0.2) is 0 Å². The first-order valence-electron chi connectivity index (χ1n) is 14.9. The third kappa shape index (κ3) is 4.91. The van der Waals surface area contributed by atoms with Gasteiger partial charge in [-0.3, -0.25) is 14.9 Å². The molecule has 0 amide bonds. The normalized spacial score (nSPS) is 42.1. The Balaban J connectivity index is 1.23. The van der Waals surface area contributed by atoms with Gasteiger partial charge >= 0.3 is 5.97 Å². The number of fused-ring (bicyclic) bond motifs is 5. The van der Waals surface area contributed by atoms with Crippen molar-refractivity contribution in [2.75, 3.05) is 0 Å². The van der Waals surface area contributed by atoms with Crippen LogP contribution in [0.3, 0.4) is 0 Å². The van der Waals surface area contributed by atoms with Crippen molar-refractivity contribution in [1.82, 2.24) is 0 Å². The average molecular weight is 544 g/mol. The van der Waals surface area contributed by atoms with E-state index in [0.29, 0.717) is 24.3 Å². The second kappa shape index (κ2) is 10.7. The van der Waals surface area contributed by atoms with Crippen molar-refractivity contribution in [3.05, 3.63) is 39.9 Å². The van der Waals surface area contributed by atoms with Gasteiger partial charge in [0.25, 0.3) is 5.69 Å². The highest BCUT2D eigenvalue weighted by molar-refractivity contribution is 5.69.